The van der Waals surface area contributed by atoms with Crippen LogP contribution in [0, 0.1) is 6.92 Å². The van der Waals surface area contributed by atoms with Crippen molar-refractivity contribution in [3.05, 3.63) is 33.4 Å². The first kappa shape index (κ1) is 17.7. The molecule has 1 aromatic carbocycles. The number of hydrogen-bond acceptors (Lipinski definition) is 8. The summed E-state index contributed by atoms with van der Waals surface area (Å²) in [5.41, 5.74) is 1.44. The number of ether oxygens (including phenoxy) is 3. The van der Waals surface area contributed by atoms with Crippen LogP contribution in [0.3, 0.4) is 0 Å². The first-order valence-corrected chi connectivity index (χ1v) is 8.48. The molecule has 2 heterocycles. The average molecular weight is 383 g/mol. The van der Waals surface area contributed by atoms with Gasteiger partial charge in [0.2, 0.25) is 0 Å². The van der Waals surface area contributed by atoms with E-state index in [-0.39, 0.29) is 24.6 Å². The lowest BCUT2D eigenvalue weighted by molar-refractivity contribution is -0.140. The molecule has 0 N–H and O–H groups in total. The topological polar surface area (TPSA) is 78.0 Å². The van der Waals surface area contributed by atoms with E-state index < -0.39 is 11.9 Å². The van der Waals surface area contributed by atoms with E-state index in [4.69, 9.17) is 25.8 Å². The summed E-state index contributed by atoms with van der Waals surface area (Å²) < 4.78 is 15.8. The third kappa shape index (κ3) is 3.08. The van der Waals surface area contributed by atoms with Crippen LogP contribution in [0.25, 0.3) is 10.2 Å². The Labute approximate surface area is 152 Å². The molecule has 2 aromatic rings. The summed E-state index contributed by atoms with van der Waals surface area (Å²) >= 11 is 7.99. The molecule has 0 spiro atoms. The lowest BCUT2D eigenvalue weighted by Gasteiger charge is -2.31. The third-order valence-corrected chi connectivity index (χ3v) is 5.21. The normalized spacial score (nSPS) is 14.8. The maximum Gasteiger partial charge on any atom is 0.355 e. The molecule has 0 amide bonds. The number of anilines is 1. The number of rotatable bonds is 3. The van der Waals surface area contributed by atoms with Crippen LogP contribution in [-0.4, -0.2) is 44.5 Å². The summed E-state index contributed by atoms with van der Waals surface area (Å²) in [7, 11) is 2.48. The van der Waals surface area contributed by atoms with Crippen molar-refractivity contribution in [2.75, 3.05) is 32.5 Å². The van der Waals surface area contributed by atoms with Crippen molar-refractivity contribution in [2.24, 2.45) is 0 Å². The standard InChI is InChI=1S/C16H15ClN2O5S/c1-8-18-10-4-5-11(12(17)14(10)25-8)19-7-24-6-9(15(20)22-2)13(19)16(21)23-3/h4-5H,6-7H2,1-3H3. The Morgan fingerprint density at radius 3 is 2.68 bits per heavy atom. The Hall–Kier alpha value is -2.16. The molecule has 1 aromatic heterocycles. The fourth-order valence-electron chi connectivity index (χ4n) is 2.60. The second kappa shape index (κ2) is 6.99. The van der Waals surface area contributed by atoms with Crippen LogP contribution in [0.5, 0.6) is 0 Å². The van der Waals surface area contributed by atoms with Crippen LogP contribution in [0.4, 0.5) is 5.69 Å². The zero-order valence-corrected chi connectivity index (χ0v) is 15.4. The predicted molar refractivity (Wildman–Crippen MR) is 93.7 cm³/mol. The van der Waals surface area contributed by atoms with E-state index in [2.05, 4.69) is 4.98 Å². The summed E-state index contributed by atoms with van der Waals surface area (Å²) in [5, 5.41) is 1.31. The number of benzene rings is 1. The van der Waals surface area contributed by atoms with Gasteiger partial charge in [0.1, 0.15) is 12.4 Å². The van der Waals surface area contributed by atoms with Crippen LogP contribution < -0.4 is 4.90 Å². The van der Waals surface area contributed by atoms with Gasteiger partial charge in [-0.1, -0.05) is 11.6 Å². The monoisotopic (exact) mass is 382 g/mol. The van der Waals surface area contributed by atoms with Gasteiger partial charge in [0.05, 0.1) is 52.3 Å². The maximum atomic E-state index is 12.3. The molecule has 0 bridgehead atoms. The first-order chi connectivity index (χ1) is 12.0. The molecule has 9 heteroatoms. The summed E-state index contributed by atoms with van der Waals surface area (Å²) in [6, 6.07) is 3.54. The quantitative estimate of drug-likeness (QED) is 0.755. The van der Waals surface area contributed by atoms with E-state index >= 15 is 0 Å². The van der Waals surface area contributed by atoms with E-state index in [9.17, 15) is 9.59 Å². The Kier molecular flexibility index (Phi) is 4.94. The zero-order chi connectivity index (χ0) is 18.1. The van der Waals surface area contributed by atoms with Gasteiger partial charge in [0, 0.05) is 0 Å². The number of halogens is 1. The molecule has 3 rings (SSSR count). The molecule has 25 heavy (non-hydrogen) atoms. The second-order valence-electron chi connectivity index (χ2n) is 5.20. The smallest absolute Gasteiger partial charge is 0.355 e. The van der Waals surface area contributed by atoms with Gasteiger partial charge in [-0.3, -0.25) is 0 Å². The van der Waals surface area contributed by atoms with Crippen molar-refractivity contribution in [3.8, 4) is 0 Å². The Bertz CT molecular complexity index is 892. The van der Waals surface area contributed by atoms with Crippen molar-refractivity contribution in [2.45, 2.75) is 6.92 Å². The van der Waals surface area contributed by atoms with Crippen molar-refractivity contribution >= 4 is 50.8 Å². The summed E-state index contributed by atoms with van der Waals surface area (Å²) in [5.74, 6) is -1.32. The zero-order valence-electron chi connectivity index (χ0n) is 13.8. The number of hydrogen-bond donors (Lipinski definition) is 0. The molecule has 0 saturated carbocycles. The van der Waals surface area contributed by atoms with Crippen LogP contribution in [0.1, 0.15) is 5.01 Å². The molecule has 0 fully saturated rings. The third-order valence-electron chi connectivity index (χ3n) is 3.71. The Morgan fingerprint density at radius 1 is 1.28 bits per heavy atom. The number of aromatic nitrogens is 1. The first-order valence-electron chi connectivity index (χ1n) is 7.28. The molecule has 0 unspecified atom stereocenters. The molecule has 0 radical (unpaired) electrons. The molecule has 7 nitrogen and oxygen atoms in total. The molecule has 0 saturated heterocycles. The number of thiazole rings is 1. The fraction of sp³-hybridized carbons (Fsp3) is 0.312. The summed E-state index contributed by atoms with van der Waals surface area (Å²) in [6.07, 6.45) is 0. The number of esters is 2. The van der Waals surface area contributed by atoms with Gasteiger partial charge in [-0.2, -0.15) is 0 Å². The van der Waals surface area contributed by atoms with Gasteiger partial charge in [0.25, 0.3) is 0 Å². The highest BCUT2D eigenvalue weighted by Gasteiger charge is 2.33. The number of nitrogens with zero attached hydrogens (tertiary/aromatic N) is 2. The van der Waals surface area contributed by atoms with Gasteiger partial charge in [-0.05, 0) is 19.1 Å². The predicted octanol–water partition coefficient (Wildman–Crippen LogP) is 2.65. The SMILES string of the molecule is COC(=O)C1=C(C(=O)OC)N(c2ccc3nc(C)sc3c2Cl)COC1. The second-order valence-corrected chi connectivity index (χ2v) is 6.78. The van der Waals surface area contributed by atoms with Crippen molar-refractivity contribution in [3.63, 3.8) is 0 Å². The largest absolute Gasteiger partial charge is 0.466 e. The molecule has 0 atom stereocenters. The van der Waals surface area contributed by atoms with Crippen molar-refractivity contribution in [1.82, 2.24) is 4.98 Å². The van der Waals surface area contributed by atoms with Crippen LogP contribution in [-0.2, 0) is 23.8 Å². The molecular formula is C16H15ClN2O5S. The van der Waals surface area contributed by atoms with E-state index in [0.29, 0.717) is 10.7 Å². The van der Waals surface area contributed by atoms with Crippen molar-refractivity contribution < 1.29 is 23.8 Å². The summed E-state index contributed by atoms with van der Waals surface area (Å²) in [6.45, 7) is 1.89. The summed E-state index contributed by atoms with van der Waals surface area (Å²) in [4.78, 5) is 30.3. The van der Waals surface area contributed by atoms with Crippen LogP contribution in [0.2, 0.25) is 5.02 Å². The maximum absolute atomic E-state index is 12.3. The van der Waals surface area contributed by atoms with Gasteiger partial charge in [0.15, 0.2) is 0 Å². The van der Waals surface area contributed by atoms with Crippen molar-refractivity contribution in [1.29, 1.82) is 0 Å². The number of methoxy groups -OCH3 is 2. The lowest BCUT2D eigenvalue weighted by atomic mass is 10.1. The number of aryl methyl sites for hydroxylation is 1. The van der Waals surface area contributed by atoms with E-state index in [1.54, 1.807) is 12.1 Å². The number of carbonyl (C=O) groups excluding carboxylic acids is 2. The highest BCUT2D eigenvalue weighted by molar-refractivity contribution is 7.19. The van der Waals surface area contributed by atoms with E-state index in [0.717, 1.165) is 15.2 Å². The van der Waals surface area contributed by atoms with E-state index in [1.807, 2.05) is 6.92 Å². The average Bonchev–Trinajstić information content (AvgIpc) is 3.01. The Balaban J connectivity index is 2.18. The fourth-order valence-corrected chi connectivity index (χ4v) is 3.83. The molecule has 0 aliphatic carbocycles. The number of fused-ring (bicyclic) bond motifs is 1. The molecule has 132 valence electrons. The van der Waals surface area contributed by atoms with Gasteiger partial charge >= 0.3 is 11.9 Å². The molecule has 1 aliphatic rings. The minimum absolute atomic E-state index is 0.0485. The molecular weight excluding hydrogens is 368 g/mol. The number of carbonyl (C=O) groups is 2. The minimum atomic E-state index is -0.666. The minimum Gasteiger partial charge on any atom is -0.466 e. The van der Waals surface area contributed by atoms with Gasteiger partial charge in [-0.15, -0.1) is 11.3 Å². The van der Waals surface area contributed by atoms with E-state index in [1.165, 1.54) is 30.5 Å². The van der Waals surface area contributed by atoms with Crippen LogP contribution >= 0.6 is 22.9 Å². The van der Waals surface area contributed by atoms with Crippen LogP contribution in [0.15, 0.2) is 23.4 Å². The molecule has 1 aliphatic heterocycles. The van der Waals surface area contributed by atoms with Gasteiger partial charge in [-0.25, -0.2) is 14.6 Å². The highest BCUT2D eigenvalue weighted by atomic mass is 35.5. The Morgan fingerprint density at radius 2 is 2.00 bits per heavy atom. The van der Waals surface area contributed by atoms with Gasteiger partial charge < -0.3 is 19.1 Å². The highest BCUT2D eigenvalue weighted by Crippen LogP contribution is 2.39. The lowest BCUT2D eigenvalue weighted by Crippen LogP contribution is -2.38.